The van der Waals surface area contributed by atoms with E-state index in [1.165, 1.54) is 0 Å². The van der Waals surface area contributed by atoms with Crippen molar-refractivity contribution in [3.05, 3.63) is 35.9 Å². The van der Waals surface area contributed by atoms with E-state index in [1.807, 2.05) is 30.3 Å². The molecule has 4 atom stereocenters. The normalized spacial score (nSPS) is 27.5. The molecule has 1 saturated heterocycles. The van der Waals surface area contributed by atoms with E-state index in [-0.39, 0.29) is 43.5 Å². The second-order valence-corrected chi connectivity index (χ2v) is 7.51. The molecule has 1 saturated carbocycles. The Morgan fingerprint density at radius 2 is 2.04 bits per heavy atom. The minimum absolute atomic E-state index is 0.00775. The van der Waals surface area contributed by atoms with Crippen LogP contribution in [0.5, 0.6) is 0 Å². The van der Waals surface area contributed by atoms with Crippen LogP contribution in [0.1, 0.15) is 50.5 Å². The molecule has 1 aromatic rings. The van der Waals surface area contributed by atoms with Crippen LogP contribution in [-0.4, -0.2) is 37.0 Å². The summed E-state index contributed by atoms with van der Waals surface area (Å²) in [5, 5.41) is 0. The smallest absolute Gasteiger partial charge is 0.306 e. The van der Waals surface area contributed by atoms with Crippen molar-refractivity contribution in [3.8, 4) is 0 Å². The standard InChI is InChI=1S/C22H28O6/c23-11-6-9-17-18(13-21(25)27-15-16-7-2-1-3-8-16)19(24)14-20(17)28-22-10-4-5-12-26-22/h1-3,7-8,11,17-18,20,22H,4-6,9-10,12-15H2/t17-,18-,20-,22?/m1/s1. The lowest BCUT2D eigenvalue weighted by molar-refractivity contribution is -0.196. The Morgan fingerprint density at radius 3 is 2.75 bits per heavy atom. The maximum absolute atomic E-state index is 12.6. The van der Waals surface area contributed by atoms with E-state index >= 15 is 0 Å². The van der Waals surface area contributed by atoms with E-state index in [0.29, 0.717) is 19.4 Å². The van der Waals surface area contributed by atoms with E-state index in [2.05, 4.69) is 0 Å². The lowest BCUT2D eigenvalue weighted by atomic mass is 9.87. The van der Waals surface area contributed by atoms with Gasteiger partial charge < -0.3 is 19.0 Å². The van der Waals surface area contributed by atoms with E-state index in [1.54, 1.807) is 0 Å². The first kappa shape index (κ1) is 20.7. The molecule has 6 nitrogen and oxygen atoms in total. The van der Waals surface area contributed by atoms with Crippen LogP contribution in [0.3, 0.4) is 0 Å². The lowest BCUT2D eigenvalue weighted by Gasteiger charge is -2.29. The van der Waals surface area contributed by atoms with Gasteiger partial charge in [-0.25, -0.2) is 0 Å². The number of hydrogen-bond acceptors (Lipinski definition) is 6. The summed E-state index contributed by atoms with van der Waals surface area (Å²) in [6, 6.07) is 9.43. The fourth-order valence-corrected chi connectivity index (χ4v) is 4.05. The predicted molar refractivity (Wildman–Crippen MR) is 101 cm³/mol. The number of esters is 1. The number of carbonyl (C=O) groups is 3. The van der Waals surface area contributed by atoms with Gasteiger partial charge in [0.25, 0.3) is 0 Å². The van der Waals surface area contributed by atoms with Crippen LogP contribution in [0.15, 0.2) is 30.3 Å². The summed E-state index contributed by atoms with van der Waals surface area (Å²) in [5.74, 6) is -1.01. The molecule has 0 aromatic heterocycles. The molecular formula is C22H28O6. The molecule has 1 heterocycles. The van der Waals surface area contributed by atoms with Crippen molar-refractivity contribution in [1.82, 2.24) is 0 Å². The third-order valence-electron chi connectivity index (χ3n) is 5.52. The Hall–Kier alpha value is -2.05. The number of ether oxygens (including phenoxy) is 3. The molecular weight excluding hydrogens is 360 g/mol. The first-order valence-corrected chi connectivity index (χ1v) is 10.1. The molecule has 6 heteroatoms. The van der Waals surface area contributed by atoms with E-state index < -0.39 is 11.9 Å². The van der Waals surface area contributed by atoms with Crippen molar-refractivity contribution in [3.63, 3.8) is 0 Å². The Morgan fingerprint density at radius 1 is 1.21 bits per heavy atom. The van der Waals surface area contributed by atoms with Crippen LogP contribution in [0.2, 0.25) is 0 Å². The number of ketones is 1. The van der Waals surface area contributed by atoms with Gasteiger partial charge in [0.2, 0.25) is 0 Å². The predicted octanol–water partition coefficient (Wildman–Crippen LogP) is 3.22. The molecule has 1 aromatic carbocycles. The summed E-state index contributed by atoms with van der Waals surface area (Å²) < 4.78 is 17.0. The zero-order valence-corrected chi connectivity index (χ0v) is 16.1. The maximum atomic E-state index is 12.6. The van der Waals surface area contributed by atoms with E-state index in [9.17, 15) is 14.4 Å². The Kier molecular flexibility index (Phi) is 7.74. The van der Waals surface area contributed by atoms with Gasteiger partial charge in [-0.3, -0.25) is 9.59 Å². The van der Waals surface area contributed by atoms with Crippen LogP contribution in [0.4, 0.5) is 0 Å². The van der Waals surface area contributed by atoms with Gasteiger partial charge in [0, 0.05) is 25.4 Å². The summed E-state index contributed by atoms with van der Waals surface area (Å²) >= 11 is 0. The summed E-state index contributed by atoms with van der Waals surface area (Å²) in [6.07, 6.45) is 4.30. The van der Waals surface area contributed by atoms with Crippen molar-refractivity contribution in [2.45, 2.75) is 63.9 Å². The summed E-state index contributed by atoms with van der Waals surface area (Å²) in [6.45, 7) is 0.856. The highest BCUT2D eigenvalue weighted by molar-refractivity contribution is 5.88. The van der Waals surface area contributed by atoms with Gasteiger partial charge in [-0.1, -0.05) is 30.3 Å². The molecule has 0 spiro atoms. The van der Waals surface area contributed by atoms with Crippen molar-refractivity contribution >= 4 is 18.0 Å². The lowest BCUT2D eigenvalue weighted by Crippen LogP contribution is -2.32. The minimum Gasteiger partial charge on any atom is -0.461 e. The number of benzene rings is 1. The third-order valence-corrected chi connectivity index (χ3v) is 5.52. The van der Waals surface area contributed by atoms with Crippen LogP contribution in [0, 0.1) is 11.8 Å². The van der Waals surface area contributed by atoms with Crippen LogP contribution in [0.25, 0.3) is 0 Å². The van der Waals surface area contributed by atoms with Gasteiger partial charge in [-0.2, -0.15) is 0 Å². The average Bonchev–Trinajstić information content (AvgIpc) is 3.00. The Labute approximate surface area is 165 Å². The van der Waals surface area contributed by atoms with Crippen LogP contribution >= 0.6 is 0 Å². The molecule has 0 amide bonds. The van der Waals surface area contributed by atoms with Crippen molar-refractivity contribution in [2.24, 2.45) is 11.8 Å². The number of carbonyl (C=O) groups excluding carboxylic acids is 3. The number of aldehydes is 1. The van der Waals surface area contributed by atoms with Gasteiger partial charge in [0.15, 0.2) is 6.29 Å². The molecule has 0 N–H and O–H groups in total. The van der Waals surface area contributed by atoms with Crippen molar-refractivity contribution < 1.29 is 28.6 Å². The van der Waals surface area contributed by atoms with Gasteiger partial charge >= 0.3 is 5.97 Å². The van der Waals surface area contributed by atoms with Gasteiger partial charge in [0.1, 0.15) is 18.7 Å². The largest absolute Gasteiger partial charge is 0.461 e. The minimum atomic E-state index is -0.461. The zero-order chi connectivity index (χ0) is 19.8. The maximum Gasteiger partial charge on any atom is 0.306 e. The first-order valence-electron chi connectivity index (χ1n) is 10.1. The second kappa shape index (κ2) is 10.5. The highest BCUT2D eigenvalue weighted by Crippen LogP contribution is 2.38. The zero-order valence-electron chi connectivity index (χ0n) is 16.1. The fourth-order valence-electron chi connectivity index (χ4n) is 4.05. The molecule has 2 fully saturated rings. The van der Waals surface area contributed by atoms with Crippen molar-refractivity contribution in [2.75, 3.05) is 6.61 Å². The molecule has 3 rings (SSSR count). The molecule has 2 aliphatic rings. The molecule has 0 bridgehead atoms. The SMILES string of the molecule is O=CCC[C@H]1[C@H](OC2CCCCO2)CC(=O)[C@@H]1CC(=O)OCc1ccccc1. The molecule has 1 aliphatic carbocycles. The molecule has 0 radical (unpaired) electrons. The fraction of sp³-hybridized carbons (Fsp3) is 0.591. The topological polar surface area (TPSA) is 78.9 Å². The number of Topliss-reactive ketones (excluding diaryl/α,β-unsaturated/α-hetero) is 1. The monoisotopic (exact) mass is 388 g/mol. The van der Waals surface area contributed by atoms with Crippen LogP contribution < -0.4 is 0 Å². The Bertz CT molecular complexity index is 652. The highest BCUT2D eigenvalue weighted by Gasteiger charge is 2.44. The molecule has 28 heavy (non-hydrogen) atoms. The van der Waals surface area contributed by atoms with Gasteiger partial charge in [0.05, 0.1) is 12.5 Å². The van der Waals surface area contributed by atoms with E-state index in [4.69, 9.17) is 14.2 Å². The summed E-state index contributed by atoms with van der Waals surface area (Å²) in [5.41, 5.74) is 0.904. The second-order valence-electron chi connectivity index (χ2n) is 7.51. The highest BCUT2D eigenvalue weighted by atomic mass is 16.7. The average molecular weight is 388 g/mol. The molecule has 1 aliphatic heterocycles. The van der Waals surface area contributed by atoms with Crippen molar-refractivity contribution in [1.29, 1.82) is 0 Å². The number of hydrogen-bond donors (Lipinski definition) is 0. The number of rotatable bonds is 9. The van der Waals surface area contributed by atoms with Gasteiger partial charge in [-0.05, 0) is 37.2 Å². The third kappa shape index (κ3) is 5.72. The van der Waals surface area contributed by atoms with E-state index in [0.717, 1.165) is 31.1 Å². The summed E-state index contributed by atoms with van der Waals surface area (Å²) in [4.78, 5) is 35.8. The molecule has 152 valence electrons. The van der Waals surface area contributed by atoms with Gasteiger partial charge in [-0.15, -0.1) is 0 Å². The Balaban J connectivity index is 1.57. The first-order chi connectivity index (χ1) is 13.7. The quantitative estimate of drug-likeness (QED) is 0.477. The van der Waals surface area contributed by atoms with Crippen LogP contribution in [-0.2, 0) is 35.2 Å². The summed E-state index contributed by atoms with van der Waals surface area (Å²) in [7, 11) is 0. The molecule has 1 unspecified atom stereocenters.